The Labute approximate surface area is 170 Å². The number of fused-ring (bicyclic) bond motifs is 1. The molecule has 1 aliphatic heterocycles. The first-order valence-electron chi connectivity index (χ1n) is 9.50. The smallest absolute Gasteiger partial charge is 0.227 e. The quantitative estimate of drug-likeness (QED) is 0.713. The van der Waals surface area contributed by atoms with Crippen molar-refractivity contribution in [3.63, 3.8) is 0 Å². The molecule has 148 valence electrons. The van der Waals surface area contributed by atoms with Crippen molar-refractivity contribution in [2.45, 2.75) is 24.7 Å². The standard InChI is InChI=1S/C22H26N2O3S/c1-17-6-5-7-18(16-17)27-14-12-23(2)21(25)10-11-22(26)24-13-15-28-20-9-4-3-8-19(20)24/h3-9,16H,10-15H2,1-2H3. The minimum Gasteiger partial charge on any atom is -0.492 e. The van der Waals surface area contributed by atoms with Crippen LogP contribution in [0.5, 0.6) is 5.75 Å². The SMILES string of the molecule is Cc1cccc(OCCN(C)C(=O)CCC(=O)N2CCSc3ccccc32)c1. The van der Waals surface area contributed by atoms with Crippen molar-refractivity contribution in [3.05, 3.63) is 54.1 Å². The highest BCUT2D eigenvalue weighted by Crippen LogP contribution is 2.34. The van der Waals surface area contributed by atoms with Crippen LogP contribution in [-0.2, 0) is 9.59 Å². The van der Waals surface area contributed by atoms with Crippen LogP contribution in [0.25, 0.3) is 0 Å². The average molecular weight is 399 g/mol. The van der Waals surface area contributed by atoms with Gasteiger partial charge < -0.3 is 14.5 Å². The molecular formula is C22H26N2O3S. The molecule has 0 aliphatic carbocycles. The van der Waals surface area contributed by atoms with E-state index < -0.39 is 0 Å². The Morgan fingerprint density at radius 1 is 1.14 bits per heavy atom. The number of carbonyl (C=O) groups is 2. The van der Waals surface area contributed by atoms with Gasteiger partial charge in [-0.25, -0.2) is 0 Å². The maximum Gasteiger partial charge on any atom is 0.227 e. The van der Waals surface area contributed by atoms with E-state index in [9.17, 15) is 9.59 Å². The van der Waals surface area contributed by atoms with Crippen LogP contribution >= 0.6 is 11.8 Å². The number of amides is 2. The summed E-state index contributed by atoms with van der Waals surface area (Å²) in [6.07, 6.45) is 0.437. The zero-order valence-electron chi connectivity index (χ0n) is 16.4. The molecule has 2 aromatic carbocycles. The summed E-state index contributed by atoms with van der Waals surface area (Å²) < 4.78 is 5.70. The molecule has 28 heavy (non-hydrogen) atoms. The van der Waals surface area contributed by atoms with Crippen molar-refractivity contribution in [2.75, 3.05) is 37.4 Å². The molecule has 0 bridgehead atoms. The number of nitrogens with zero attached hydrogens (tertiary/aromatic N) is 2. The average Bonchev–Trinajstić information content (AvgIpc) is 2.71. The van der Waals surface area contributed by atoms with Gasteiger partial charge >= 0.3 is 0 Å². The summed E-state index contributed by atoms with van der Waals surface area (Å²) in [7, 11) is 1.75. The fraction of sp³-hybridized carbons (Fsp3) is 0.364. The maximum absolute atomic E-state index is 12.6. The Kier molecular flexibility index (Phi) is 6.98. The van der Waals surface area contributed by atoms with E-state index in [1.807, 2.05) is 55.5 Å². The molecule has 0 unspecified atom stereocenters. The molecule has 0 spiro atoms. The summed E-state index contributed by atoms with van der Waals surface area (Å²) in [6.45, 7) is 3.62. The number of carbonyl (C=O) groups excluding carboxylic acids is 2. The lowest BCUT2D eigenvalue weighted by atomic mass is 10.2. The van der Waals surface area contributed by atoms with Crippen molar-refractivity contribution in [1.29, 1.82) is 0 Å². The predicted molar refractivity (Wildman–Crippen MR) is 113 cm³/mol. The Morgan fingerprint density at radius 2 is 1.96 bits per heavy atom. The zero-order chi connectivity index (χ0) is 19.9. The van der Waals surface area contributed by atoms with Gasteiger partial charge in [0.25, 0.3) is 0 Å². The predicted octanol–water partition coefficient (Wildman–Crippen LogP) is 3.75. The van der Waals surface area contributed by atoms with Gasteiger partial charge in [0.05, 0.1) is 12.2 Å². The summed E-state index contributed by atoms with van der Waals surface area (Å²) >= 11 is 1.76. The number of ether oxygens (including phenoxy) is 1. The van der Waals surface area contributed by atoms with Gasteiger partial charge in [-0.05, 0) is 36.8 Å². The second-order valence-electron chi connectivity index (χ2n) is 6.84. The number of thioether (sulfide) groups is 1. The zero-order valence-corrected chi connectivity index (χ0v) is 17.2. The van der Waals surface area contributed by atoms with E-state index in [1.165, 1.54) is 0 Å². The second kappa shape index (κ2) is 9.64. The third-order valence-corrected chi connectivity index (χ3v) is 5.74. The van der Waals surface area contributed by atoms with Crippen LogP contribution in [0.3, 0.4) is 0 Å². The van der Waals surface area contributed by atoms with Crippen LogP contribution in [-0.4, -0.2) is 49.2 Å². The van der Waals surface area contributed by atoms with E-state index >= 15 is 0 Å². The Morgan fingerprint density at radius 3 is 2.79 bits per heavy atom. The minimum absolute atomic E-state index is 0.00510. The molecular weight excluding hydrogens is 372 g/mol. The summed E-state index contributed by atoms with van der Waals surface area (Å²) in [5.74, 6) is 1.65. The monoisotopic (exact) mass is 398 g/mol. The summed E-state index contributed by atoms with van der Waals surface area (Å²) in [5.41, 5.74) is 2.09. The molecule has 0 saturated heterocycles. The largest absolute Gasteiger partial charge is 0.492 e. The summed E-state index contributed by atoms with van der Waals surface area (Å²) in [6, 6.07) is 15.8. The van der Waals surface area contributed by atoms with Crippen LogP contribution < -0.4 is 9.64 Å². The first-order valence-corrected chi connectivity index (χ1v) is 10.5. The van der Waals surface area contributed by atoms with Gasteiger partial charge in [-0.15, -0.1) is 11.8 Å². The number of likely N-dealkylation sites (N-methyl/N-ethyl adjacent to an activating group) is 1. The van der Waals surface area contributed by atoms with E-state index in [2.05, 4.69) is 0 Å². The van der Waals surface area contributed by atoms with Gasteiger partial charge in [0.2, 0.25) is 11.8 Å². The van der Waals surface area contributed by atoms with Gasteiger partial charge in [0.1, 0.15) is 12.4 Å². The highest BCUT2D eigenvalue weighted by molar-refractivity contribution is 7.99. The molecule has 3 rings (SSSR count). The van der Waals surface area contributed by atoms with Gasteiger partial charge in [-0.1, -0.05) is 24.3 Å². The molecule has 2 aromatic rings. The topological polar surface area (TPSA) is 49.9 Å². The molecule has 6 heteroatoms. The van der Waals surface area contributed by atoms with Crippen molar-refractivity contribution < 1.29 is 14.3 Å². The van der Waals surface area contributed by atoms with Crippen molar-refractivity contribution in [3.8, 4) is 5.75 Å². The lowest BCUT2D eigenvalue weighted by molar-refractivity contribution is -0.132. The highest BCUT2D eigenvalue weighted by Gasteiger charge is 2.23. The lowest BCUT2D eigenvalue weighted by Gasteiger charge is -2.29. The summed E-state index contributed by atoms with van der Waals surface area (Å²) in [4.78, 5) is 29.6. The lowest BCUT2D eigenvalue weighted by Crippen LogP contribution is -2.37. The third kappa shape index (κ3) is 5.29. The molecule has 0 radical (unpaired) electrons. The molecule has 0 N–H and O–H groups in total. The molecule has 2 amide bonds. The number of para-hydroxylation sites is 1. The Balaban J connectivity index is 1.44. The molecule has 1 aliphatic rings. The molecule has 0 atom stereocenters. The van der Waals surface area contributed by atoms with Crippen molar-refractivity contribution in [1.82, 2.24) is 4.90 Å². The Bertz CT molecular complexity index is 840. The van der Waals surface area contributed by atoms with Gasteiger partial charge in [0, 0.05) is 37.1 Å². The number of hydrogen-bond acceptors (Lipinski definition) is 4. The first kappa shape index (κ1) is 20.3. The van der Waals surface area contributed by atoms with E-state index in [-0.39, 0.29) is 24.7 Å². The van der Waals surface area contributed by atoms with Gasteiger partial charge in [-0.3, -0.25) is 9.59 Å². The normalized spacial score (nSPS) is 13.0. The van der Waals surface area contributed by atoms with E-state index in [0.29, 0.717) is 19.7 Å². The van der Waals surface area contributed by atoms with E-state index in [1.54, 1.807) is 28.6 Å². The second-order valence-corrected chi connectivity index (χ2v) is 7.98. The van der Waals surface area contributed by atoms with Crippen molar-refractivity contribution in [2.24, 2.45) is 0 Å². The number of benzene rings is 2. The fourth-order valence-corrected chi connectivity index (χ4v) is 4.09. The molecule has 0 saturated carbocycles. The molecule has 0 aromatic heterocycles. The maximum atomic E-state index is 12.6. The summed E-state index contributed by atoms with van der Waals surface area (Å²) in [5, 5.41) is 0. The van der Waals surface area contributed by atoms with Gasteiger partial charge in [0.15, 0.2) is 0 Å². The van der Waals surface area contributed by atoms with Crippen LogP contribution in [0.2, 0.25) is 0 Å². The van der Waals surface area contributed by atoms with Gasteiger partial charge in [-0.2, -0.15) is 0 Å². The molecule has 0 fully saturated rings. The number of rotatable bonds is 7. The van der Waals surface area contributed by atoms with Crippen molar-refractivity contribution >= 4 is 29.3 Å². The van der Waals surface area contributed by atoms with E-state index in [0.717, 1.165) is 27.6 Å². The third-order valence-electron chi connectivity index (χ3n) is 4.69. The first-order chi connectivity index (χ1) is 13.5. The number of aryl methyl sites for hydroxylation is 1. The Hall–Kier alpha value is -2.47. The van der Waals surface area contributed by atoms with Crippen LogP contribution in [0.15, 0.2) is 53.4 Å². The minimum atomic E-state index is -0.0409. The molecule has 5 nitrogen and oxygen atoms in total. The fourth-order valence-electron chi connectivity index (χ4n) is 3.10. The van der Waals surface area contributed by atoms with E-state index in [4.69, 9.17) is 4.74 Å². The van der Waals surface area contributed by atoms with Crippen LogP contribution in [0.4, 0.5) is 5.69 Å². The number of hydrogen-bond donors (Lipinski definition) is 0. The highest BCUT2D eigenvalue weighted by atomic mass is 32.2. The van der Waals surface area contributed by atoms with Crippen LogP contribution in [0.1, 0.15) is 18.4 Å². The molecule has 1 heterocycles. The number of anilines is 1. The van der Waals surface area contributed by atoms with Crippen LogP contribution in [0, 0.1) is 6.92 Å².